The van der Waals surface area contributed by atoms with Crippen molar-refractivity contribution in [3.8, 4) is 55.6 Å². The van der Waals surface area contributed by atoms with Crippen LogP contribution in [0.15, 0.2) is 133 Å². The van der Waals surface area contributed by atoms with Gasteiger partial charge in [0, 0.05) is 0 Å². The molecule has 7 rings (SSSR count). The Morgan fingerprint density at radius 2 is 0.824 bits per heavy atom. The fourth-order valence-electron chi connectivity index (χ4n) is 5.48. The average Bonchev–Trinajstić information content (AvgIpc) is 3.26. The molecule has 0 bridgehead atoms. The summed E-state index contributed by atoms with van der Waals surface area (Å²) in [6.45, 7) is 0. The molecule has 0 fully saturated rings. The fraction of sp³-hybridized carbons (Fsp3) is 0. The number of benzene rings is 6. The molecule has 0 radical (unpaired) electrons. The summed E-state index contributed by atoms with van der Waals surface area (Å²) in [5.41, 5.74) is 12.9. The Kier molecular flexibility index (Phi) is 4.25. The molecule has 1 aliphatic carbocycles. The quantitative estimate of drug-likeness (QED) is 0.262. The number of rotatable bonds is 3. The molecule has 0 heteroatoms. The van der Waals surface area contributed by atoms with Crippen molar-refractivity contribution in [2.75, 3.05) is 0 Å². The zero-order chi connectivity index (χ0) is 22.5. The highest BCUT2D eigenvalue weighted by atomic mass is 14.3. The van der Waals surface area contributed by atoms with Crippen molar-refractivity contribution in [1.82, 2.24) is 0 Å². The van der Waals surface area contributed by atoms with Crippen LogP contribution in [0.4, 0.5) is 0 Å². The average molecular weight is 431 g/mol. The number of hydrogen-bond acceptors (Lipinski definition) is 0. The van der Waals surface area contributed by atoms with Crippen LogP contribution in [0.25, 0.3) is 66.4 Å². The van der Waals surface area contributed by atoms with E-state index in [-0.39, 0.29) is 0 Å². The summed E-state index contributed by atoms with van der Waals surface area (Å²) in [4.78, 5) is 0. The van der Waals surface area contributed by atoms with E-state index >= 15 is 0 Å². The van der Waals surface area contributed by atoms with E-state index in [1.165, 1.54) is 66.4 Å². The van der Waals surface area contributed by atoms with Crippen LogP contribution >= 0.6 is 0 Å². The third-order valence-electron chi connectivity index (χ3n) is 7.00. The topological polar surface area (TPSA) is 0 Å². The van der Waals surface area contributed by atoms with Gasteiger partial charge < -0.3 is 0 Å². The lowest BCUT2D eigenvalue weighted by atomic mass is 9.86. The summed E-state index contributed by atoms with van der Waals surface area (Å²) < 4.78 is 0. The van der Waals surface area contributed by atoms with Gasteiger partial charge in [0.1, 0.15) is 0 Å². The molecule has 0 unspecified atom stereocenters. The molecule has 6 aromatic carbocycles. The maximum Gasteiger partial charge on any atom is -0.00134 e. The lowest BCUT2D eigenvalue weighted by Gasteiger charge is -2.17. The second-order valence-electron chi connectivity index (χ2n) is 8.94. The third kappa shape index (κ3) is 2.86. The summed E-state index contributed by atoms with van der Waals surface area (Å²) in [7, 11) is 0. The van der Waals surface area contributed by atoms with Gasteiger partial charge in [-0.1, -0.05) is 115 Å². The normalized spacial score (nSPS) is 11.5. The van der Waals surface area contributed by atoms with Crippen LogP contribution < -0.4 is 0 Å². The molecule has 34 heavy (non-hydrogen) atoms. The highest BCUT2D eigenvalue weighted by Gasteiger charge is 2.27. The van der Waals surface area contributed by atoms with E-state index < -0.39 is 0 Å². The van der Waals surface area contributed by atoms with E-state index in [1.54, 1.807) is 0 Å². The first-order chi connectivity index (χ1) is 16.9. The summed E-state index contributed by atoms with van der Waals surface area (Å²) >= 11 is 0. The molecule has 0 aliphatic heterocycles. The van der Waals surface area contributed by atoms with Crippen LogP contribution in [0.2, 0.25) is 0 Å². The standard InChI is InChI=1S/C34H22/c1-4-12-23(13-5-1)26-20-31-27-18-10-11-19-28(27)33-30(25-16-8-3-9-17-25)22-29(32(21-26)34(31)33)24-14-6-2-7-15-24/h1-22H. The molecule has 0 heterocycles. The van der Waals surface area contributed by atoms with Crippen molar-refractivity contribution in [2.24, 2.45) is 0 Å². The van der Waals surface area contributed by atoms with E-state index in [9.17, 15) is 0 Å². The van der Waals surface area contributed by atoms with Crippen LogP contribution in [0, 0.1) is 0 Å². The molecule has 0 spiro atoms. The van der Waals surface area contributed by atoms with E-state index in [4.69, 9.17) is 0 Å². The Bertz CT molecular complexity index is 1660. The first-order valence-electron chi connectivity index (χ1n) is 11.8. The molecule has 0 N–H and O–H groups in total. The Labute approximate surface area is 199 Å². The molecule has 0 saturated carbocycles. The molecule has 6 aromatic rings. The number of hydrogen-bond donors (Lipinski definition) is 0. The van der Waals surface area contributed by atoms with Gasteiger partial charge in [0.2, 0.25) is 0 Å². The van der Waals surface area contributed by atoms with Crippen molar-refractivity contribution < 1.29 is 0 Å². The van der Waals surface area contributed by atoms with Gasteiger partial charge in [-0.05, 0) is 84.6 Å². The van der Waals surface area contributed by atoms with Gasteiger partial charge in [0.25, 0.3) is 0 Å². The van der Waals surface area contributed by atoms with Crippen LogP contribution in [0.3, 0.4) is 0 Å². The Hall–Kier alpha value is -4.42. The highest BCUT2D eigenvalue weighted by Crippen LogP contribution is 2.54. The van der Waals surface area contributed by atoms with Crippen molar-refractivity contribution >= 4 is 10.8 Å². The summed E-state index contributed by atoms with van der Waals surface area (Å²) in [6, 6.07) is 48.4. The van der Waals surface area contributed by atoms with Gasteiger partial charge in [-0.3, -0.25) is 0 Å². The summed E-state index contributed by atoms with van der Waals surface area (Å²) in [6.07, 6.45) is 0. The van der Waals surface area contributed by atoms with Crippen molar-refractivity contribution in [3.63, 3.8) is 0 Å². The zero-order valence-corrected chi connectivity index (χ0v) is 18.7. The van der Waals surface area contributed by atoms with E-state index in [0.717, 1.165) is 0 Å². The lowest BCUT2D eigenvalue weighted by molar-refractivity contribution is 1.61. The molecular formula is C34H22. The molecule has 0 atom stereocenters. The van der Waals surface area contributed by atoms with E-state index in [0.29, 0.717) is 0 Å². The van der Waals surface area contributed by atoms with Gasteiger partial charge in [0.05, 0.1) is 0 Å². The second-order valence-corrected chi connectivity index (χ2v) is 8.94. The third-order valence-corrected chi connectivity index (χ3v) is 7.00. The summed E-state index contributed by atoms with van der Waals surface area (Å²) in [5, 5.41) is 2.68. The minimum absolute atomic E-state index is 1.25. The smallest absolute Gasteiger partial charge is 0.00134 e. The van der Waals surface area contributed by atoms with Crippen LogP contribution in [0.5, 0.6) is 0 Å². The van der Waals surface area contributed by atoms with E-state index in [2.05, 4.69) is 133 Å². The maximum atomic E-state index is 2.41. The van der Waals surface area contributed by atoms with Gasteiger partial charge in [-0.15, -0.1) is 0 Å². The SMILES string of the molecule is c1ccc(-c2cc3c4c(c(-c5ccccc5)cc(-c5ccccc5)c4c2)-c2ccccc2-3)cc1. The van der Waals surface area contributed by atoms with Crippen molar-refractivity contribution in [2.45, 2.75) is 0 Å². The highest BCUT2D eigenvalue weighted by molar-refractivity contribution is 6.23. The van der Waals surface area contributed by atoms with Crippen LogP contribution in [-0.4, -0.2) is 0 Å². The Morgan fingerprint density at radius 3 is 1.47 bits per heavy atom. The minimum atomic E-state index is 1.25. The lowest BCUT2D eigenvalue weighted by Crippen LogP contribution is -1.90. The number of fused-ring (bicyclic) bond motifs is 3. The van der Waals surface area contributed by atoms with Crippen molar-refractivity contribution in [1.29, 1.82) is 0 Å². The van der Waals surface area contributed by atoms with Gasteiger partial charge in [-0.2, -0.15) is 0 Å². The first-order valence-corrected chi connectivity index (χ1v) is 11.8. The second kappa shape index (κ2) is 7.57. The van der Waals surface area contributed by atoms with Crippen LogP contribution in [0.1, 0.15) is 0 Å². The zero-order valence-electron chi connectivity index (χ0n) is 18.7. The molecule has 158 valence electrons. The monoisotopic (exact) mass is 430 g/mol. The molecular weight excluding hydrogens is 408 g/mol. The fourth-order valence-corrected chi connectivity index (χ4v) is 5.48. The van der Waals surface area contributed by atoms with Crippen LogP contribution in [-0.2, 0) is 0 Å². The van der Waals surface area contributed by atoms with Crippen molar-refractivity contribution in [3.05, 3.63) is 133 Å². The largest absolute Gasteiger partial charge is 0.0622 e. The molecule has 0 saturated heterocycles. The van der Waals surface area contributed by atoms with E-state index in [1.807, 2.05) is 0 Å². The molecule has 0 aromatic heterocycles. The minimum Gasteiger partial charge on any atom is -0.0622 e. The predicted octanol–water partition coefficient (Wildman–Crippen LogP) is 9.49. The molecule has 0 nitrogen and oxygen atoms in total. The van der Waals surface area contributed by atoms with Gasteiger partial charge in [0.15, 0.2) is 0 Å². The molecule has 1 aliphatic rings. The first kappa shape index (κ1) is 19.1. The molecule has 0 amide bonds. The summed E-state index contributed by atoms with van der Waals surface area (Å²) in [5.74, 6) is 0. The van der Waals surface area contributed by atoms with Gasteiger partial charge >= 0.3 is 0 Å². The van der Waals surface area contributed by atoms with Gasteiger partial charge in [-0.25, -0.2) is 0 Å². The predicted molar refractivity (Wildman–Crippen MR) is 145 cm³/mol. The maximum absolute atomic E-state index is 2.41. The Morgan fingerprint density at radius 1 is 0.294 bits per heavy atom. The Balaban J connectivity index is 1.67.